The zero-order chi connectivity index (χ0) is 13.4. The van der Waals surface area contributed by atoms with Gasteiger partial charge in [0.2, 0.25) is 0 Å². The number of unbranched alkanes of at least 4 members (excludes halogenated alkanes) is 1. The summed E-state index contributed by atoms with van der Waals surface area (Å²) in [5, 5.41) is 3.89. The van der Waals surface area contributed by atoms with Crippen LogP contribution in [0.1, 0.15) is 25.3 Å². The highest BCUT2D eigenvalue weighted by Gasteiger charge is 2.30. The second-order valence-corrected chi connectivity index (χ2v) is 4.95. The molecule has 0 atom stereocenters. The lowest BCUT2D eigenvalue weighted by atomic mass is 10.3. The average Bonchev–Trinajstić information content (AvgIpc) is 2.33. The van der Waals surface area contributed by atoms with Crippen LogP contribution in [0.3, 0.4) is 0 Å². The van der Waals surface area contributed by atoms with Gasteiger partial charge in [0.25, 0.3) is 0 Å². The first kappa shape index (κ1) is 15.3. The maximum atomic E-state index is 12.3. The van der Waals surface area contributed by atoms with Crippen molar-refractivity contribution in [1.29, 1.82) is 0 Å². The monoisotopic (exact) mass is 278 g/mol. The molecule has 1 rings (SSSR count). The summed E-state index contributed by atoms with van der Waals surface area (Å²) in [5.41, 5.74) is -0.701. The zero-order valence-electron chi connectivity index (χ0n) is 10.3. The number of thioether (sulfide) groups is 1. The van der Waals surface area contributed by atoms with Gasteiger partial charge in [-0.1, -0.05) is 13.3 Å². The quantitative estimate of drug-likeness (QED) is 0.609. The van der Waals surface area contributed by atoms with E-state index in [-0.39, 0.29) is 0 Å². The smallest absolute Gasteiger partial charge is 0.316 e. The third kappa shape index (κ3) is 5.73. The number of rotatable bonds is 7. The standard InChI is InChI=1S/C12H17F3N2S/c1-2-3-6-16-7-8-18-11-5-4-10(9-17-11)12(13,14)15/h4-5,9,16H,2-3,6-8H2,1H3. The van der Waals surface area contributed by atoms with Gasteiger partial charge in [0.05, 0.1) is 10.6 Å². The summed E-state index contributed by atoms with van der Waals surface area (Å²) < 4.78 is 36.9. The number of pyridine rings is 1. The molecule has 0 radical (unpaired) electrons. The topological polar surface area (TPSA) is 24.9 Å². The summed E-state index contributed by atoms with van der Waals surface area (Å²) in [6.07, 6.45) is -1.13. The van der Waals surface area contributed by atoms with Crippen molar-refractivity contribution in [2.45, 2.75) is 31.0 Å². The number of alkyl halides is 3. The van der Waals surface area contributed by atoms with Crippen LogP contribution in [0.5, 0.6) is 0 Å². The molecule has 0 saturated heterocycles. The number of hydrogen-bond acceptors (Lipinski definition) is 3. The Hall–Kier alpha value is -0.750. The summed E-state index contributed by atoms with van der Waals surface area (Å²) in [4.78, 5) is 3.79. The zero-order valence-corrected chi connectivity index (χ0v) is 11.1. The molecular weight excluding hydrogens is 261 g/mol. The van der Waals surface area contributed by atoms with E-state index in [1.165, 1.54) is 17.8 Å². The van der Waals surface area contributed by atoms with Gasteiger partial charge < -0.3 is 5.32 Å². The molecule has 0 bridgehead atoms. The van der Waals surface area contributed by atoms with Crippen LogP contribution in [0, 0.1) is 0 Å². The van der Waals surface area contributed by atoms with E-state index in [4.69, 9.17) is 0 Å². The highest BCUT2D eigenvalue weighted by atomic mass is 32.2. The first-order valence-corrected chi connectivity index (χ1v) is 6.89. The molecule has 2 nitrogen and oxygen atoms in total. The number of nitrogens with zero attached hydrogens (tertiary/aromatic N) is 1. The maximum absolute atomic E-state index is 12.3. The molecule has 102 valence electrons. The van der Waals surface area contributed by atoms with Crippen molar-refractivity contribution in [1.82, 2.24) is 10.3 Å². The van der Waals surface area contributed by atoms with Gasteiger partial charge in [0.1, 0.15) is 0 Å². The summed E-state index contributed by atoms with van der Waals surface area (Å²) in [6, 6.07) is 2.49. The molecule has 0 spiro atoms. The predicted molar refractivity (Wildman–Crippen MR) is 67.7 cm³/mol. The first-order chi connectivity index (χ1) is 8.54. The van der Waals surface area contributed by atoms with Crippen LogP contribution in [-0.4, -0.2) is 23.8 Å². The molecule has 0 amide bonds. The van der Waals surface area contributed by atoms with Gasteiger partial charge in [-0.05, 0) is 25.1 Å². The van der Waals surface area contributed by atoms with Gasteiger partial charge in [0, 0.05) is 18.5 Å². The Balaban J connectivity index is 2.27. The minimum atomic E-state index is -4.31. The number of aromatic nitrogens is 1. The third-order valence-electron chi connectivity index (χ3n) is 2.30. The van der Waals surface area contributed by atoms with Crippen molar-refractivity contribution in [3.05, 3.63) is 23.9 Å². The van der Waals surface area contributed by atoms with Gasteiger partial charge >= 0.3 is 6.18 Å². The van der Waals surface area contributed by atoms with Crippen LogP contribution in [0.4, 0.5) is 13.2 Å². The van der Waals surface area contributed by atoms with Gasteiger partial charge in [-0.2, -0.15) is 13.2 Å². The Bertz CT molecular complexity index is 338. The summed E-state index contributed by atoms with van der Waals surface area (Å²) in [6.45, 7) is 3.95. The summed E-state index contributed by atoms with van der Waals surface area (Å²) in [7, 11) is 0. The maximum Gasteiger partial charge on any atom is 0.417 e. The Kier molecular flexibility index (Phi) is 6.49. The van der Waals surface area contributed by atoms with Crippen LogP contribution < -0.4 is 5.32 Å². The van der Waals surface area contributed by atoms with E-state index >= 15 is 0 Å². The van der Waals surface area contributed by atoms with Gasteiger partial charge in [-0.25, -0.2) is 4.98 Å². The molecule has 0 fully saturated rings. The number of hydrogen-bond donors (Lipinski definition) is 1. The molecule has 0 aromatic carbocycles. The Labute approximate surface area is 109 Å². The van der Waals surface area contributed by atoms with Crippen molar-refractivity contribution >= 4 is 11.8 Å². The van der Waals surface area contributed by atoms with Crippen LogP contribution in [0.25, 0.3) is 0 Å². The molecule has 6 heteroatoms. The molecule has 0 saturated carbocycles. The largest absolute Gasteiger partial charge is 0.417 e. The van der Waals surface area contributed by atoms with Crippen molar-refractivity contribution in [3.63, 3.8) is 0 Å². The molecule has 1 aromatic heterocycles. The lowest BCUT2D eigenvalue weighted by molar-refractivity contribution is -0.137. The first-order valence-electron chi connectivity index (χ1n) is 5.91. The van der Waals surface area contributed by atoms with Gasteiger partial charge in [-0.15, -0.1) is 11.8 Å². The van der Waals surface area contributed by atoms with E-state index in [1.807, 2.05) is 0 Å². The molecule has 1 N–H and O–H groups in total. The summed E-state index contributed by atoms with van der Waals surface area (Å²) in [5.74, 6) is 0.808. The minimum Gasteiger partial charge on any atom is -0.316 e. The number of halogens is 3. The molecular formula is C12H17F3N2S. The van der Waals surface area contributed by atoms with Crippen LogP contribution in [0.2, 0.25) is 0 Å². The van der Waals surface area contributed by atoms with Crippen LogP contribution in [0.15, 0.2) is 23.4 Å². The molecule has 1 heterocycles. The van der Waals surface area contributed by atoms with Crippen molar-refractivity contribution < 1.29 is 13.2 Å². The Morgan fingerprint density at radius 2 is 2.06 bits per heavy atom. The highest BCUT2D eigenvalue weighted by molar-refractivity contribution is 7.99. The van der Waals surface area contributed by atoms with Crippen molar-refractivity contribution in [2.75, 3.05) is 18.8 Å². The van der Waals surface area contributed by atoms with Crippen LogP contribution >= 0.6 is 11.8 Å². The second kappa shape index (κ2) is 7.63. The van der Waals surface area contributed by atoms with E-state index in [0.717, 1.165) is 43.9 Å². The third-order valence-corrected chi connectivity index (χ3v) is 3.25. The number of nitrogens with one attached hydrogen (secondary N) is 1. The molecule has 0 aliphatic rings. The van der Waals surface area contributed by atoms with Gasteiger partial charge in [-0.3, -0.25) is 0 Å². The predicted octanol–water partition coefficient (Wildman–Crippen LogP) is 3.58. The van der Waals surface area contributed by atoms with Crippen molar-refractivity contribution in [2.24, 2.45) is 0 Å². The lowest BCUT2D eigenvalue weighted by Gasteiger charge is -2.07. The van der Waals surface area contributed by atoms with E-state index in [0.29, 0.717) is 5.03 Å². The Morgan fingerprint density at radius 3 is 2.61 bits per heavy atom. The van der Waals surface area contributed by atoms with E-state index < -0.39 is 11.7 Å². The highest BCUT2D eigenvalue weighted by Crippen LogP contribution is 2.29. The summed E-state index contributed by atoms with van der Waals surface area (Å²) >= 11 is 1.46. The molecule has 1 aromatic rings. The SMILES string of the molecule is CCCCNCCSc1ccc(C(F)(F)F)cn1. The van der Waals surface area contributed by atoms with E-state index in [2.05, 4.69) is 17.2 Å². The van der Waals surface area contributed by atoms with Gasteiger partial charge in [0.15, 0.2) is 0 Å². The minimum absolute atomic E-state index is 0.625. The van der Waals surface area contributed by atoms with Crippen LogP contribution in [-0.2, 0) is 6.18 Å². The van der Waals surface area contributed by atoms with E-state index in [1.54, 1.807) is 0 Å². The Morgan fingerprint density at radius 1 is 1.28 bits per heavy atom. The molecule has 18 heavy (non-hydrogen) atoms. The second-order valence-electron chi connectivity index (χ2n) is 3.83. The van der Waals surface area contributed by atoms with E-state index in [9.17, 15) is 13.2 Å². The fourth-order valence-corrected chi connectivity index (χ4v) is 2.03. The fraction of sp³-hybridized carbons (Fsp3) is 0.583. The average molecular weight is 278 g/mol. The molecule has 0 aliphatic carbocycles. The van der Waals surface area contributed by atoms with Crippen molar-refractivity contribution in [3.8, 4) is 0 Å². The molecule has 0 aliphatic heterocycles. The normalized spacial score (nSPS) is 11.8. The lowest BCUT2D eigenvalue weighted by Crippen LogP contribution is -2.18. The molecule has 0 unspecified atom stereocenters. The fourth-order valence-electron chi connectivity index (χ4n) is 1.29.